The van der Waals surface area contributed by atoms with Gasteiger partial charge in [-0.15, -0.1) is 0 Å². The van der Waals surface area contributed by atoms with Crippen molar-refractivity contribution in [2.24, 2.45) is 0 Å². The lowest BCUT2D eigenvalue weighted by Gasteiger charge is -2.37. The van der Waals surface area contributed by atoms with Crippen molar-refractivity contribution in [2.45, 2.75) is 25.3 Å². The van der Waals surface area contributed by atoms with Crippen LogP contribution in [0.25, 0.3) is 0 Å². The first kappa shape index (κ1) is 14.8. The van der Waals surface area contributed by atoms with Crippen molar-refractivity contribution in [1.29, 1.82) is 0 Å². The third-order valence-corrected chi connectivity index (χ3v) is 4.38. The van der Waals surface area contributed by atoms with Crippen LogP contribution in [-0.2, 0) is 11.2 Å². The summed E-state index contributed by atoms with van der Waals surface area (Å²) < 4.78 is 13.7. The van der Waals surface area contributed by atoms with Crippen molar-refractivity contribution in [3.63, 3.8) is 0 Å². The Hall–Kier alpha value is -2.11. The van der Waals surface area contributed by atoms with Gasteiger partial charge in [0.1, 0.15) is 5.82 Å². The molecule has 1 atom stereocenters. The van der Waals surface area contributed by atoms with Gasteiger partial charge in [0.05, 0.1) is 12.5 Å². The monoisotopic (exact) mass is 305 g/mol. The molecule has 1 aromatic rings. The molecule has 0 saturated carbocycles. The minimum Gasteiger partial charge on any atom is -0.340 e. The van der Waals surface area contributed by atoms with Gasteiger partial charge in [-0.3, -0.25) is 4.79 Å². The molecule has 2 fully saturated rings. The summed E-state index contributed by atoms with van der Waals surface area (Å²) in [4.78, 5) is 27.7. The molecular formula is C16H20FN3O2. The minimum atomic E-state index is -0.344. The number of halogens is 1. The zero-order chi connectivity index (χ0) is 15.5. The summed E-state index contributed by atoms with van der Waals surface area (Å²) in [5, 5.41) is 2.79. The van der Waals surface area contributed by atoms with Crippen LogP contribution in [0.3, 0.4) is 0 Å². The van der Waals surface area contributed by atoms with E-state index < -0.39 is 0 Å². The summed E-state index contributed by atoms with van der Waals surface area (Å²) >= 11 is 0. The molecular weight excluding hydrogens is 285 g/mol. The van der Waals surface area contributed by atoms with Gasteiger partial charge in [0.2, 0.25) is 5.91 Å². The third kappa shape index (κ3) is 3.05. The van der Waals surface area contributed by atoms with Gasteiger partial charge in [-0.2, -0.15) is 0 Å². The predicted molar refractivity (Wildman–Crippen MR) is 79.8 cm³/mol. The summed E-state index contributed by atoms with van der Waals surface area (Å²) in [6, 6.07) is 6.39. The molecule has 2 heterocycles. The fourth-order valence-corrected chi connectivity index (χ4v) is 3.19. The number of nitrogens with zero attached hydrogens (tertiary/aromatic N) is 2. The van der Waals surface area contributed by atoms with Crippen molar-refractivity contribution in [2.75, 3.05) is 26.2 Å². The normalized spacial score (nSPS) is 21.9. The van der Waals surface area contributed by atoms with Crippen LogP contribution < -0.4 is 5.32 Å². The smallest absolute Gasteiger partial charge is 0.317 e. The van der Waals surface area contributed by atoms with Gasteiger partial charge >= 0.3 is 6.03 Å². The van der Waals surface area contributed by atoms with Crippen LogP contribution in [0, 0.1) is 5.82 Å². The Labute approximate surface area is 129 Å². The van der Waals surface area contributed by atoms with Crippen LogP contribution >= 0.6 is 0 Å². The molecule has 0 bridgehead atoms. The minimum absolute atomic E-state index is 0.0478. The molecule has 5 nitrogen and oxygen atoms in total. The molecule has 118 valence electrons. The van der Waals surface area contributed by atoms with Crippen LogP contribution in [0.2, 0.25) is 0 Å². The largest absolute Gasteiger partial charge is 0.340 e. The van der Waals surface area contributed by atoms with Crippen LogP contribution in [0.5, 0.6) is 0 Å². The molecule has 1 aromatic carbocycles. The number of carbonyl (C=O) groups is 2. The van der Waals surface area contributed by atoms with E-state index in [1.54, 1.807) is 23.1 Å². The van der Waals surface area contributed by atoms with E-state index in [4.69, 9.17) is 0 Å². The molecule has 6 heteroatoms. The molecule has 0 radical (unpaired) electrons. The van der Waals surface area contributed by atoms with Gasteiger partial charge in [-0.25, -0.2) is 9.18 Å². The zero-order valence-corrected chi connectivity index (χ0v) is 12.4. The number of urea groups is 1. The molecule has 1 unspecified atom stereocenters. The average molecular weight is 305 g/mol. The van der Waals surface area contributed by atoms with E-state index in [0.717, 1.165) is 12.8 Å². The number of rotatable bonds is 3. The molecule has 0 aliphatic carbocycles. The van der Waals surface area contributed by atoms with Crippen LogP contribution in [-0.4, -0.2) is 54.0 Å². The maximum atomic E-state index is 13.7. The second-order valence-corrected chi connectivity index (χ2v) is 5.83. The first-order valence-corrected chi connectivity index (χ1v) is 7.71. The summed E-state index contributed by atoms with van der Waals surface area (Å²) in [7, 11) is 0. The number of piperidine rings is 1. The molecule has 0 spiro atoms. The number of carbonyl (C=O) groups excluding carboxylic acids is 2. The topological polar surface area (TPSA) is 52.7 Å². The quantitative estimate of drug-likeness (QED) is 0.917. The van der Waals surface area contributed by atoms with E-state index in [0.29, 0.717) is 31.7 Å². The van der Waals surface area contributed by atoms with Crippen molar-refractivity contribution in [3.05, 3.63) is 35.6 Å². The van der Waals surface area contributed by atoms with Crippen LogP contribution in [0.4, 0.5) is 9.18 Å². The highest BCUT2D eigenvalue weighted by Gasteiger charge is 2.32. The van der Waals surface area contributed by atoms with Crippen molar-refractivity contribution in [3.8, 4) is 0 Å². The number of hydrogen-bond donors (Lipinski definition) is 1. The standard InChI is InChI=1S/C16H20FN3O2/c17-14-6-2-1-4-12(14)10-15(21)19-8-3-5-13(11-19)20-9-7-18-16(20)22/h1-2,4,6,13H,3,5,7-11H2,(H,18,22). The summed E-state index contributed by atoms with van der Waals surface area (Å²) in [6.45, 7) is 2.58. The Kier molecular flexibility index (Phi) is 4.27. The number of amides is 3. The Morgan fingerprint density at radius 2 is 2.14 bits per heavy atom. The first-order valence-electron chi connectivity index (χ1n) is 7.71. The second-order valence-electron chi connectivity index (χ2n) is 5.83. The second kappa shape index (κ2) is 6.34. The fourth-order valence-electron chi connectivity index (χ4n) is 3.19. The maximum absolute atomic E-state index is 13.7. The van der Waals surface area contributed by atoms with Crippen LogP contribution in [0.1, 0.15) is 18.4 Å². The van der Waals surface area contributed by atoms with E-state index in [1.807, 2.05) is 4.90 Å². The first-order chi connectivity index (χ1) is 10.6. The summed E-state index contributed by atoms with van der Waals surface area (Å²) in [5.74, 6) is -0.419. The molecule has 2 aliphatic heterocycles. The number of nitrogens with one attached hydrogen (secondary N) is 1. The third-order valence-electron chi connectivity index (χ3n) is 4.38. The number of likely N-dealkylation sites (tertiary alicyclic amines) is 1. The molecule has 3 rings (SSSR count). The van der Waals surface area contributed by atoms with E-state index in [1.165, 1.54) is 6.07 Å². The van der Waals surface area contributed by atoms with Gasteiger partial charge < -0.3 is 15.1 Å². The zero-order valence-electron chi connectivity index (χ0n) is 12.4. The Bertz CT molecular complexity index is 578. The number of hydrogen-bond acceptors (Lipinski definition) is 2. The molecule has 2 aliphatic rings. The van der Waals surface area contributed by atoms with Gasteiger partial charge in [0.15, 0.2) is 0 Å². The van der Waals surface area contributed by atoms with E-state index in [9.17, 15) is 14.0 Å². The van der Waals surface area contributed by atoms with Gasteiger partial charge in [0.25, 0.3) is 0 Å². The summed E-state index contributed by atoms with van der Waals surface area (Å²) in [5.41, 5.74) is 0.425. The number of benzene rings is 1. The van der Waals surface area contributed by atoms with Crippen LogP contribution in [0.15, 0.2) is 24.3 Å². The Morgan fingerprint density at radius 1 is 1.32 bits per heavy atom. The lowest BCUT2D eigenvalue weighted by molar-refractivity contribution is -0.132. The fraction of sp³-hybridized carbons (Fsp3) is 0.500. The van der Waals surface area contributed by atoms with Crippen molar-refractivity contribution in [1.82, 2.24) is 15.1 Å². The predicted octanol–water partition coefficient (Wildman–Crippen LogP) is 1.38. The van der Waals surface area contributed by atoms with Crippen molar-refractivity contribution >= 4 is 11.9 Å². The Balaban J connectivity index is 1.63. The highest BCUT2D eigenvalue weighted by Crippen LogP contribution is 2.19. The average Bonchev–Trinajstić information content (AvgIpc) is 2.96. The van der Waals surface area contributed by atoms with Crippen molar-refractivity contribution < 1.29 is 14.0 Å². The molecule has 1 N–H and O–H groups in total. The van der Waals surface area contributed by atoms with Gasteiger partial charge in [-0.1, -0.05) is 18.2 Å². The lowest BCUT2D eigenvalue weighted by atomic mass is 10.0. The molecule has 2 saturated heterocycles. The highest BCUT2D eigenvalue weighted by atomic mass is 19.1. The van der Waals surface area contributed by atoms with Gasteiger partial charge in [0, 0.05) is 26.2 Å². The SMILES string of the molecule is O=C(Cc1ccccc1F)N1CCCC(N2CCNC2=O)C1. The molecule has 0 aromatic heterocycles. The Morgan fingerprint density at radius 3 is 2.86 bits per heavy atom. The molecule has 22 heavy (non-hydrogen) atoms. The molecule has 3 amide bonds. The summed E-state index contributed by atoms with van der Waals surface area (Å²) in [6.07, 6.45) is 1.86. The van der Waals surface area contributed by atoms with E-state index in [2.05, 4.69) is 5.32 Å². The van der Waals surface area contributed by atoms with E-state index in [-0.39, 0.29) is 30.2 Å². The highest BCUT2D eigenvalue weighted by molar-refractivity contribution is 5.79. The van der Waals surface area contributed by atoms with E-state index >= 15 is 0 Å². The van der Waals surface area contributed by atoms with Gasteiger partial charge in [-0.05, 0) is 24.5 Å². The maximum Gasteiger partial charge on any atom is 0.317 e. The lowest BCUT2D eigenvalue weighted by Crippen LogP contribution is -2.51.